The molecule has 1 fully saturated rings. The van der Waals surface area contributed by atoms with E-state index in [1.165, 1.54) is 49.7 Å². The lowest BCUT2D eigenvalue weighted by molar-refractivity contribution is 0.886. The van der Waals surface area contributed by atoms with Gasteiger partial charge in [0.15, 0.2) is 0 Å². The van der Waals surface area contributed by atoms with Crippen LogP contribution in [0.3, 0.4) is 0 Å². The molecule has 22 heavy (non-hydrogen) atoms. The Morgan fingerprint density at radius 1 is 1.00 bits per heavy atom. The summed E-state index contributed by atoms with van der Waals surface area (Å²) in [5.74, 6) is 0. The molecule has 0 saturated heterocycles. The number of hydrogen-bond donors (Lipinski definition) is 0. The summed E-state index contributed by atoms with van der Waals surface area (Å²) in [6.45, 7) is 16.3. The quantitative estimate of drug-likeness (QED) is 0.512. The minimum atomic E-state index is 0.803. The Morgan fingerprint density at radius 2 is 1.41 bits per heavy atom. The zero-order valence-corrected chi connectivity index (χ0v) is 16.5. The summed E-state index contributed by atoms with van der Waals surface area (Å²) >= 11 is 5.87. The van der Waals surface area contributed by atoms with E-state index in [4.69, 9.17) is 11.6 Å². The molecule has 2 rings (SSSR count). The van der Waals surface area contributed by atoms with Gasteiger partial charge in [0.25, 0.3) is 0 Å². The highest BCUT2D eigenvalue weighted by Gasteiger charge is 2.01. The average Bonchev–Trinajstić information content (AvgIpc) is 3.09. The van der Waals surface area contributed by atoms with Crippen molar-refractivity contribution in [3.8, 4) is 0 Å². The van der Waals surface area contributed by atoms with E-state index in [1.54, 1.807) is 0 Å². The first-order valence-corrected chi connectivity index (χ1v) is 9.38. The molecular formula is C21H37Cl. The van der Waals surface area contributed by atoms with E-state index in [9.17, 15) is 0 Å². The lowest BCUT2D eigenvalue weighted by atomic mass is 10.0. The molecule has 128 valence electrons. The summed E-state index contributed by atoms with van der Waals surface area (Å²) in [7, 11) is 0. The maximum absolute atomic E-state index is 5.87. The van der Waals surface area contributed by atoms with E-state index in [2.05, 4.69) is 27.4 Å². The first kappa shape index (κ1) is 23.5. The molecular weight excluding hydrogens is 288 g/mol. The summed E-state index contributed by atoms with van der Waals surface area (Å²) in [5.41, 5.74) is 3.60. The van der Waals surface area contributed by atoms with Crippen LogP contribution in [0.25, 0.3) is 5.57 Å². The van der Waals surface area contributed by atoms with Crippen molar-refractivity contribution >= 4 is 17.2 Å². The van der Waals surface area contributed by atoms with Gasteiger partial charge in [-0.05, 0) is 36.6 Å². The molecule has 0 radical (unpaired) electrons. The Balaban J connectivity index is 0. The van der Waals surface area contributed by atoms with Gasteiger partial charge in [-0.1, -0.05) is 103 Å². The number of rotatable bonds is 2. The van der Waals surface area contributed by atoms with Crippen LogP contribution in [0.15, 0.2) is 24.8 Å². The van der Waals surface area contributed by atoms with Crippen LogP contribution >= 0.6 is 11.6 Å². The molecule has 1 aromatic rings. The molecule has 0 nitrogen and oxygen atoms in total. The Labute approximate surface area is 145 Å². The number of hydrogen-bond acceptors (Lipinski definition) is 0. The van der Waals surface area contributed by atoms with Gasteiger partial charge in [-0.25, -0.2) is 0 Å². The average molecular weight is 325 g/mol. The van der Waals surface area contributed by atoms with Crippen LogP contribution in [0.2, 0.25) is 5.02 Å². The maximum Gasteiger partial charge on any atom is 0.0409 e. The van der Waals surface area contributed by atoms with E-state index < -0.39 is 0 Å². The Kier molecular flexibility index (Phi) is 17.8. The molecule has 0 N–H and O–H groups in total. The Bertz CT molecular complexity index is 368. The smallest absolute Gasteiger partial charge is 0.0409 e. The molecule has 0 aliphatic heterocycles. The van der Waals surface area contributed by atoms with Gasteiger partial charge in [0, 0.05) is 5.02 Å². The fraction of sp³-hybridized carbons (Fsp3) is 0.619. The third-order valence-corrected chi connectivity index (χ3v) is 3.39. The van der Waals surface area contributed by atoms with Gasteiger partial charge in [0.2, 0.25) is 0 Å². The standard InChI is InChI=1S/C11H13Cl.C5H10.C3H8.C2H6/c1-4-9-7-10(12)5-6-11(9)8(2)3;1-2-4-5-3-1;1-3-2;1-2/h5-7H,2,4H2,1,3H3;1-5H2;3H2,1-2H3;1-2H3. The maximum atomic E-state index is 5.87. The highest BCUT2D eigenvalue weighted by atomic mass is 35.5. The van der Waals surface area contributed by atoms with Crippen LogP contribution in [0, 0.1) is 0 Å². The summed E-state index contributed by atoms with van der Waals surface area (Å²) in [5, 5.41) is 0.803. The third-order valence-electron chi connectivity index (χ3n) is 3.16. The van der Waals surface area contributed by atoms with Crippen LogP contribution in [0.5, 0.6) is 0 Å². The molecule has 1 saturated carbocycles. The van der Waals surface area contributed by atoms with Crippen molar-refractivity contribution in [3.63, 3.8) is 0 Å². The van der Waals surface area contributed by atoms with E-state index >= 15 is 0 Å². The summed E-state index contributed by atoms with van der Waals surface area (Å²) < 4.78 is 0. The monoisotopic (exact) mass is 324 g/mol. The molecule has 0 bridgehead atoms. The van der Waals surface area contributed by atoms with E-state index in [0.717, 1.165) is 17.0 Å². The predicted molar refractivity (Wildman–Crippen MR) is 106 cm³/mol. The largest absolute Gasteiger partial charge is 0.0955 e. The van der Waals surface area contributed by atoms with Crippen LogP contribution in [-0.4, -0.2) is 0 Å². The molecule has 0 amide bonds. The van der Waals surface area contributed by atoms with E-state index in [0.29, 0.717) is 0 Å². The molecule has 0 atom stereocenters. The van der Waals surface area contributed by atoms with Crippen molar-refractivity contribution in [1.29, 1.82) is 0 Å². The highest BCUT2D eigenvalue weighted by molar-refractivity contribution is 6.30. The summed E-state index contributed by atoms with van der Waals surface area (Å²) in [4.78, 5) is 0. The number of benzene rings is 1. The molecule has 0 unspecified atom stereocenters. The second-order valence-electron chi connectivity index (χ2n) is 5.41. The highest BCUT2D eigenvalue weighted by Crippen LogP contribution is 2.21. The van der Waals surface area contributed by atoms with Gasteiger partial charge in [-0.15, -0.1) is 0 Å². The zero-order valence-electron chi connectivity index (χ0n) is 15.8. The van der Waals surface area contributed by atoms with Crippen LogP contribution < -0.4 is 0 Å². The van der Waals surface area contributed by atoms with Gasteiger partial charge in [-0.3, -0.25) is 0 Å². The van der Waals surface area contributed by atoms with Gasteiger partial charge in [-0.2, -0.15) is 0 Å². The molecule has 1 aliphatic rings. The second kappa shape index (κ2) is 16.6. The summed E-state index contributed by atoms with van der Waals surface area (Å²) in [6, 6.07) is 5.94. The fourth-order valence-corrected chi connectivity index (χ4v) is 2.35. The number of allylic oxidation sites excluding steroid dienone is 1. The molecule has 1 aromatic carbocycles. The lowest BCUT2D eigenvalue weighted by Gasteiger charge is -2.06. The van der Waals surface area contributed by atoms with Crippen LogP contribution in [-0.2, 0) is 6.42 Å². The SMILES string of the molecule is C1CCCC1.C=C(C)c1ccc(Cl)cc1CC.CC.CCC. The fourth-order valence-electron chi connectivity index (χ4n) is 2.16. The topological polar surface area (TPSA) is 0 Å². The molecule has 1 aliphatic carbocycles. The number of aryl methyl sites for hydroxylation is 1. The van der Waals surface area contributed by atoms with Crippen LogP contribution in [0.1, 0.15) is 91.2 Å². The first-order chi connectivity index (χ1) is 10.6. The van der Waals surface area contributed by atoms with Crippen molar-refractivity contribution in [2.45, 2.75) is 86.5 Å². The number of halogens is 1. The Morgan fingerprint density at radius 3 is 1.73 bits per heavy atom. The van der Waals surface area contributed by atoms with Gasteiger partial charge in [0.05, 0.1) is 0 Å². The minimum absolute atomic E-state index is 0.803. The van der Waals surface area contributed by atoms with Gasteiger partial charge >= 0.3 is 0 Å². The van der Waals surface area contributed by atoms with Crippen molar-refractivity contribution in [2.75, 3.05) is 0 Å². The lowest BCUT2D eigenvalue weighted by Crippen LogP contribution is -1.88. The minimum Gasteiger partial charge on any atom is -0.0955 e. The predicted octanol–water partition coefficient (Wildman–Crippen LogP) is 8.33. The molecule has 0 aromatic heterocycles. The van der Waals surface area contributed by atoms with Crippen LogP contribution in [0.4, 0.5) is 0 Å². The Hall–Kier alpha value is -0.750. The van der Waals surface area contributed by atoms with E-state index in [-0.39, 0.29) is 0 Å². The summed E-state index contributed by atoms with van der Waals surface area (Å²) in [6.07, 6.45) is 9.75. The second-order valence-corrected chi connectivity index (χ2v) is 5.85. The van der Waals surface area contributed by atoms with Gasteiger partial charge < -0.3 is 0 Å². The first-order valence-electron chi connectivity index (χ1n) is 9.01. The van der Waals surface area contributed by atoms with E-state index in [1.807, 2.05) is 39.0 Å². The molecule has 1 heteroatoms. The van der Waals surface area contributed by atoms with Crippen molar-refractivity contribution < 1.29 is 0 Å². The van der Waals surface area contributed by atoms with Gasteiger partial charge in [0.1, 0.15) is 0 Å². The molecule has 0 heterocycles. The zero-order chi connectivity index (χ0) is 17.4. The normalized spacial score (nSPS) is 12.0. The van der Waals surface area contributed by atoms with Crippen molar-refractivity contribution in [3.05, 3.63) is 40.9 Å². The van der Waals surface area contributed by atoms with Crippen molar-refractivity contribution in [1.82, 2.24) is 0 Å². The third kappa shape index (κ3) is 11.9. The molecule has 0 spiro atoms. The van der Waals surface area contributed by atoms with Crippen molar-refractivity contribution in [2.24, 2.45) is 0 Å².